The number of methoxy groups -OCH3 is 1. The summed E-state index contributed by atoms with van der Waals surface area (Å²) in [4.78, 5) is 15.8. The molecule has 0 aromatic carbocycles. The number of ether oxygens (including phenoxy) is 1. The van der Waals surface area contributed by atoms with Crippen LogP contribution in [-0.2, 0) is 11.2 Å². The summed E-state index contributed by atoms with van der Waals surface area (Å²) in [5.41, 5.74) is 2.12. The second kappa shape index (κ2) is 4.01. The molecule has 0 saturated carbocycles. The molecule has 0 amide bonds. The molecule has 0 saturated heterocycles. The van der Waals surface area contributed by atoms with Gasteiger partial charge in [-0.2, -0.15) is 0 Å². The number of fused-ring (bicyclic) bond motifs is 1. The van der Waals surface area contributed by atoms with E-state index >= 15 is 0 Å². The Morgan fingerprint density at radius 1 is 1.60 bits per heavy atom. The fourth-order valence-corrected chi connectivity index (χ4v) is 2.15. The number of hydrogen-bond donors (Lipinski definition) is 0. The van der Waals surface area contributed by atoms with Crippen molar-refractivity contribution in [2.45, 2.75) is 32.1 Å². The van der Waals surface area contributed by atoms with Crippen molar-refractivity contribution < 1.29 is 9.53 Å². The number of ketones is 1. The monoisotopic (exact) mass is 205 g/mol. The van der Waals surface area contributed by atoms with Crippen molar-refractivity contribution in [1.82, 2.24) is 4.98 Å². The van der Waals surface area contributed by atoms with Gasteiger partial charge in [0.2, 0.25) is 0 Å². The van der Waals surface area contributed by atoms with E-state index in [1.165, 1.54) is 5.56 Å². The molecule has 1 atom stereocenters. The van der Waals surface area contributed by atoms with Gasteiger partial charge in [0, 0.05) is 0 Å². The Morgan fingerprint density at radius 2 is 2.40 bits per heavy atom. The van der Waals surface area contributed by atoms with Gasteiger partial charge in [0.15, 0.2) is 0 Å². The largest absolute Gasteiger partial charge is 0.495 e. The maximum Gasteiger partial charge on any atom is 0.138 e. The molecule has 1 aromatic heterocycles. The van der Waals surface area contributed by atoms with Crippen LogP contribution >= 0.6 is 0 Å². The van der Waals surface area contributed by atoms with Crippen molar-refractivity contribution in [3.8, 4) is 5.75 Å². The molecule has 0 N–H and O–H groups in total. The van der Waals surface area contributed by atoms with E-state index in [9.17, 15) is 4.79 Å². The number of pyridine rings is 1. The molecule has 1 aromatic rings. The Hall–Kier alpha value is -1.38. The fourth-order valence-electron chi connectivity index (χ4n) is 2.15. The van der Waals surface area contributed by atoms with Crippen LogP contribution in [0.25, 0.3) is 0 Å². The average molecular weight is 205 g/mol. The molecule has 0 bridgehead atoms. The molecule has 0 aliphatic heterocycles. The van der Waals surface area contributed by atoms with Gasteiger partial charge in [-0.1, -0.05) is 0 Å². The van der Waals surface area contributed by atoms with E-state index in [-0.39, 0.29) is 11.7 Å². The molecule has 0 spiro atoms. The summed E-state index contributed by atoms with van der Waals surface area (Å²) in [6, 6.07) is 2.00. The maximum atomic E-state index is 11.4. The molecular formula is C12H15NO2. The number of aryl methyl sites for hydroxylation is 1. The van der Waals surface area contributed by atoms with Crippen LogP contribution < -0.4 is 4.74 Å². The van der Waals surface area contributed by atoms with Crippen molar-refractivity contribution in [2.75, 3.05) is 7.11 Å². The van der Waals surface area contributed by atoms with Gasteiger partial charge in [-0.05, 0) is 37.8 Å². The number of nitrogens with zero attached hydrogens (tertiary/aromatic N) is 1. The van der Waals surface area contributed by atoms with E-state index in [0.29, 0.717) is 0 Å². The van der Waals surface area contributed by atoms with E-state index in [0.717, 1.165) is 30.7 Å². The molecule has 3 heteroatoms. The third kappa shape index (κ3) is 1.87. The summed E-state index contributed by atoms with van der Waals surface area (Å²) < 4.78 is 5.13. The molecule has 15 heavy (non-hydrogen) atoms. The van der Waals surface area contributed by atoms with Gasteiger partial charge in [-0.25, -0.2) is 0 Å². The van der Waals surface area contributed by atoms with Gasteiger partial charge >= 0.3 is 0 Å². The lowest BCUT2D eigenvalue weighted by molar-refractivity contribution is -0.118. The normalized spacial score (nSPS) is 19.5. The third-order valence-corrected chi connectivity index (χ3v) is 2.97. The van der Waals surface area contributed by atoms with E-state index in [2.05, 4.69) is 4.98 Å². The Morgan fingerprint density at radius 3 is 3.07 bits per heavy atom. The second-order valence-electron chi connectivity index (χ2n) is 3.97. The number of Topliss-reactive ketones (excluding diaryl/α,β-unsaturated/α-hetero) is 1. The summed E-state index contributed by atoms with van der Waals surface area (Å²) in [5, 5.41) is 0. The van der Waals surface area contributed by atoms with Crippen LogP contribution in [0.15, 0.2) is 12.3 Å². The minimum Gasteiger partial charge on any atom is -0.495 e. The Labute approximate surface area is 89.5 Å². The Kier molecular flexibility index (Phi) is 2.71. The molecule has 0 radical (unpaired) electrons. The van der Waals surface area contributed by atoms with Crippen molar-refractivity contribution in [3.05, 3.63) is 23.5 Å². The zero-order valence-corrected chi connectivity index (χ0v) is 9.12. The van der Waals surface area contributed by atoms with Gasteiger partial charge in [0.05, 0.1) is 24.9 Å². The summed E-state index contributed by atoms with van der Waals surface area (Å²) in [6.45, 7) is 1.64. The van der Waals surface area contributed by atoms with Crippen LogP contribution in [0, 0.1) is 0 Å². The summed E-state index contributed by atoms with van der Waals surface area (Å²) in [5.74, 6) is 0.992. The first-order chi connectivity index (χ1) is 7.22. The molecule has 80 valence electrons. The zero-order valence-electron chi connectivity index (χ0n) is 9.12. The van der Waals surface area contributed by atoms with Crippen LogP contribution in [0.5, 0.6) is 5.75 Å². The molecule has 1 unspecified atom stereocenters. The highest BCUT2D eigenvalue weighted by molar-refractivity contribution is 5.83. The lowest BCUT2D eigenvalue weighted by Gasteiger charge is -2.22. The minimum atomic E-state index is -0.000318. The Bertz CT molecular complexity index is 387. The predicted molar refractivity (Wildman–Crippen MR) is 57.1 cm³/mol. The second-order valence-corrected chi connectivity index (χ2v) is 3.97. The number of rotatable bonds is 2. The minimum absolute atomic E-state index is 0.000318. The summed E-state index contributed by atoms with van der Waals surface area (Å²) in [6.07, 6.45) is 4.69. The summed E-state index contributed by atoms with van der Waals surface area (Å²) >= 11 is 0. The molecule has 2 rings (SSSR count). The quantitative estimate of drug-likeness (QED) is 0.742. The van der Waals surface area contributed by atoms with Crippen molar-refractivity contribution in [1.29, 1.82) is 0 Å². The van der Waals surface area contributed by atoms with Crippen molar-refractivity contribution in [3.63, 3.8) is 0 Å². The smallest absolute Gasteiger partial charge is 0.138 e. The lowest BCUT2D eigenvalue weighted by atomic mass is 9.84. The van der Waals surface area contributed by atoms with Crippen molar-refractivity contribution >= 4 is 5.78 Å². The van der Waals surface area contributed by atoms with Gasteiger partial charge < -0.3 is 4.74 Å². The molecule has 1 aliphatic carbocycles. The number of carbonyl (C=O) groups excluding carboxylic acids is 1. The maximum absolute atomic E-state index is 11.4. The molecule has 1 aliphatic rings. The first-order valence-corrected chi connectivity index (χ1v) is 5.25. The SMILES string of the molecule is COc1cnc2c(c1)CCCC2C(C)=O. The van der Waals surface area contributed by atoms with Crippen LogP contribution in [0.1, 0.15) is 36.9 Å². The molecular weight excluding hydrogens is 190 g/mol. The predicted octanol–water partition coefficient (Wildman–Crippen LogP) is 2.10. The highest BCUT2D eigenvalue weighted by atomic mass is 16.5. The number of hydrogen-bond acceptors (Lipinski definition) is 3. The van der Waals surface area contributed by atoms with Gasteiger partial charge in [-0.15, -0.1) is 0 Å². The van der Waals surface area contributed by atoms with Gasteiger partial charge in [-0.3, -0.25) is 9.78 Å². The lowest BCUT2D eigenvalue weighted by Crippen LogP contribution is -2.17. The molecule has 0 fully saturated rings. The molecule has 3 nitrogen and oxygen atoms in total. The third-order valence-electron chi connectivity index (χ3n) is 2.97. The number of carbonyl (C=O) groups is 1. The van der Waals surface area contributed by atoms with Crippen LogP contribution in [0.4, 0.5) is 0 Å². The van der Waals surface area contributed by atoms with E-state index in [1.54, 1.807) is 20.2 Å². The first kappa shape index (κ1) is 10.1. The highest BCUT2D eigenvalue weighted by Crippen LogP contribution is 2.32. The van der Waals surface area contributed by atoms with Crippen LogP contribution in [-0.4, -0.2) is 17.9 Å². The van der Waals surface area contributed by atoms with Crippen LogP contribution in [0.2, 0.25) is 0 Å². The average Bonchev–Trinajstić information content (AvgIpc) is 2.27. The van der Waals surface area contributed by atoms with Gasteiger partial charge in [0.25, 0.3) is 0 Å². The Balaban J connectivity index is 2.40. The van der Waals surface area contributed by atoms with E-state index < -0.39 is 0 Å². The molecule has 1 heterocycles. The van der Waals surface area contributed by atoms with Crippen molar-refractivity contribution in [2.24, 2.45) is 0 Å². The summed E-state index contributed by atoms with van der Waals surface area (Å²) in [7, 11) is 1.63. The van der Waals surface area contributed by atoms with E-state index in [1.807, 2.05) is 6.07 Å². The standard InChI is InChI=1S/C12H15NO2/c1-8(14)11-5-3-4-9-6-10(15-2)7-13-12(9)11/h6-7,11H,3-5H2,1-2H3. The zero-order chi connectivity index (χ0) is 10.8. The number of aromatic nitrogens is 1. The highest BCUT2D eigenvalue weighted by Gasteiger charge is 2.25. The first-order valence-electron chi connectivity index (χ1n) is 5.25. The topological polar surface area (TPSA) is 39.2 Å². The van der Waals surface area contributed by atoms with Crippen LogP contribution in [0.3, 0.4) is 0 Å². The van der Waals surface area contributed by atoms with E-state index in [4.69, 9.17) is 4.74 Å². The fraction of sp³-hybridized carbons (Fsp3) is 0.500. The van der Waals surface area contributed by atoms with Gasteiger partial charge in [0.1, 0.15) is 11.5 Å².